The quantitative estimate of drug-likeness (QED) is 0.371. The summed E-state index contributed by atoms with van der Waals surface area (Å²) in [4.78, 5) is 0. The molecule has 4 rings (SSSR count). The minimum atomic E-state index is -0.121. The van der Waals surface area contributed by atoms with Gasteiger partial charge in [0.05, 0.1) is 8.22 Å². The first-order valence-corrected chi connectivity index (χ1v) is 5.07. The maximum absolute atomic E-state index is 8.08. The third-order valence-corrected chi connectivity index (χ3v) is 2.95. The zero-order chi connectivity index (χ0) is 15.8. The van der Waals surface area contributed by atoms with Crippen molar-refractivity contribution in [2.75, 3.05) is 0 Å². The van der Waals surface area contributed by atoms with E-state index in [1.165, 1.54) is 0 Å². The van der Waals surface area contributed by atoms with Crippen LogP contribution < -0.4 is 0 Å². The molecule has 0 aromatic heterocycles. The molecule has 0 unspecified atom stereocenters. The Bertz CT molecular complexity index is 918. The molecule has 0 fully saturated rings. The van der Waals surface area contributed by atoms with E-state index in [1.54, 1.807) is 24.3 Å². The van der Waals surface area contributed by atoms with Gasteiger partial charge in [0, 0.05) is 0 Å². The zero-order valence-corrected chi connectivity index (χ0v) is 8.31. The lowest BCUT2D eigenvalue weighted by atomic mass is 9.95. The van der Waals surface area contributed by atoms with Gasteiger partial charge in [-0.15, -0.1) is 0 Å². The SMILES string of the molecule is [2H]c1c([2H])c2ccc3c([2H])c([2H])c([2H])c4ccc(c1[2H])c2c34. The highest BCUT2D eigenvalue weighted by Gasteiger charge is 2.05. The number of hydrogen-bond acceptors (Lipinski definition) is 0. The molecular weight excluding hydrogens is 192 g/mol. The molecular formula is C16H10. The van der Waals surface area contributed by atoms with Crippen LogP contribution >= 0.6 is 0 Å². The Kier molecular flexibility index (Phi) is 0.755. The Morgan fingerprint density at radius 2 is 0.875 bits per heavy atom. The molecule has 0 heteroatoms. The summed E-state index contributed by atoms with van der Waals surface area (Å²) in [7, 11) is 0. The number of rotatable bonds is 0. The summed E-state index contributed by atoms with van der Waals surface area (Å²) in [6.07, 6.45) is 0. The minimum Gasteiger partial charge on any atom is -0.0610 e. The van der Waals surface area contributed by atoms with Crippen LogP contribution in [-0.4, -0.2) is 0 Å². The molecule has 16 heavy (non-hydrogen) atoms. The highest BCUT2D eigenvalue weighted by atomic mass is 14.1. The van der Waals surface area contributed by atoms with E-state index in [0.29, 0.717) is 32.3 Å². The van der Waals surface area contributed by atoms with Crippen LogP contribution in [0.3, 0.4) is 0 Å². The van der Waals surface area contributed by atoms with Crippen molar-refractivity contribution in [3.63, 3.8) is 0 Å². The molecule has 0 radical (unpaired) electrons. The van der Waals surface area contributed by atoms with Gasteiger partial charge in [0.2, 0.25) is 0 Å². The number of hydrogen-bond donors (Lipinski definition) is 0. The van der Waals surface area contributed by atoms with E-state index in [0.717, 1.165) is 0 Å². The summed E-state index contributed by atoms with van der Waals surface area (Å²) in [5.74, 6) is 0. The molecule has 0 aliphatic carbocycles. The molecule has 0 amide bonds. The summed E-state index contributed by atoms with van der Waals surface area (Å²) >= 11 is 0. The topological polar surface area (TPSA) is 0 Å². The second-order valence-electron chi connectivity index (χ2n) is 3.82. The van der Waals surface area contributed by atoms with Gasteiger partial charge in [-0.3, -0.25) is 0 Å². The van der Waals surface area contributed by atoms with Crippen molar-refractivity contribution in [2.24, 2.45) is 0 Å². The fourth-order valence-corrected chi connectivity index (χ4v) is 2.24. The Morgan fingerprint density at radius 1 is 0.562 bits per heavy atom. The maximum Gasteiger partial charge on any atom is 0.0629 e. The van der Waals surface area contributed by atoms with Gasteiger partial charge < -0.3 is 0 Å². The molecule has 0 atom stereocenters. The zero-order valence-electron chi connectivity index (χ0n) is 14.3. The summed E-state index contributed by atoms with van der Waals surface area (Å²) in [6.45, 7) is 0. The van der Waals surface area contributed by atoms with Crippen LogP contribution in [0.25, 0.3) is 32.3 Å². The Hall–Kier alpha value is -2.08. The standard InChI is InChI=1S/C16H10/c1-3-11-7-9-13-5-2-6-14-10-8-12(4-1)15(11)16(13)14/h1-10H/i1D,2D,3D,4D,5D,6D. The normalized spacial score (nSPS) is 17.0. The smallest absolute Gasteiger partial charge is 0.0610 e. The molecule has 0 aliphatic rings. The first kappa shape index (κ1) is 4.42. The molecule has 74 valence electrons. The van der Waals surface area contributed by atoms with Crippen LogP contribution in [0, 0.1) is 0 Å². The molecule has 0 nitrogen and oxygen atoms in total. The van der Waals surface area contributed by atoms with Crippen LogP contribution in [0.2, 0.25) is 0 Å². The van der Waals surface area contributed by atoms with Gasteiger partial charge >= 0.3 is 0 Å². The van der Waals surface area contributed by atoms with Gasteiger partial charge in [-0.2, -0.15) is 0 Å². The monoisotopic (exact) mass is 208 g/mol. The van der Waals surface area contributed by atoms with Crippen molar-refractivity contribution in [3.8, 4) is 0 Å². The van der Waals surface area contributed by atoms with Crippen molar-refractivity contribution < 1.29 is 8.22 Å². The molecule has 0 saturated carbocycles. The van der Waals surface area contributed by atoms with Gasteiger partial charge in [0.1, 0.15) is 0 Å². The van der Waals surface area contributed by atoms with E-state index in [1.807, 2.05) is 0 Å². The second kappa shape index (κ2) is 2.73. The molecule has 0 saturated heterocycles. The van der Waals surface area contributed by atoms with Crippen molar-refractivity contribution in [1.82, 2.24) is 0 Å². The van der Waals surface area contributed by atoms with Crippen LogP contribution in [-0.2, 0) is 0 Å². The van der Waals surface area contributed by atoms with Gasteiger partial charge in [-0.25, -0.2) is 0 Å². The summed E-state index contributed by atoms with van der Waals surface area (Å²) in [5, 5.41) is 3.47. The fraction of sp³-hybridized carbons (Fsp3) is 0. The molecule has 0 heterocycles. The van der Waals surface area contributed by atoms with E-state index in [9.17, 15) is 0 Å². The van der Waals surface area contributed by atoms with Crippen molar-refractivity contribution in [2.45, 2.75) is 0 Å². The molecule has 4 aromatic rings. The summed E-state index contributed by atoms with van der Waals surface area (Å²) in [6, 6.07) is 6.39. The average molecular weight is 208 g/mol. The van der Waals surface area contributed by atoms with Crippen molar-refractivity contribution in [1.29, 1.82) is 0 Å². The van der Waals surface area contributed by atoms with E-state index in [4.69, 9.17) is 8.22 Å². The van der Waals surface area contributed by atoms with Crippen LogP contribution in [0.4, 0.5) is 0 Å². The highest BCUT2D eigenvalue weighted by Crippen LogP contribution is 2.33. The number of benzene rings is 4. The molecule has 0 bridgehead atoms. The van der Waals surface area contributed by atoms with E-state index in [-0.39, 0.29) is 36.3 Å². The van der Waals surface area contributed by atoms with E-state index >= 15 is 0 Å². The van der Waals surface area contributed by atoms with Gasteiger partial charge in [0.25, 0.3) is 0 Å². The van der Waals surface area contributed by atoms with Crippen LogP contribution in [0.1, 0.15) is 8.22 Å². The maximum atomic E-state index is 8.08. The lowest BCUT2D eigenvalue weighted by molar-refractivity contribution is 1.78. The Balaban J connectivity index is 2.46. The van der Waals surface area contributed by atoms with Crippen molar-refractivity contribution in [3.05, 3.63) is 60.5 Å². The van der Waals surface area contributed by atoms with Gasteiger partial charge in [-0.05, 0) is 32.3 Å². The molecule has 0 spiro atoms. The second-order valence-corrected chi connectivity index (χ2v) is 3.82. The predicted molar refractivity (Wildman–Crippen MR) is 70.1 cm³/mol. The van der Waals surface area contributed by atoms with Crippen LogP contribution in [0.15, 0.2) is 60.5 Å². The highest BCUT2D eigenvalue weighted by molar-refractivity contribution is 6.22. The minimum absolute atomic E-state index is 0.0140. The average Bonchev–Trinajstić information content (AvgIpc) is 2.53. The van der Waals surface area contributed by atoms with Crippen LogP contribution in [0.5, 0.6) is 0 Å². The molecule has 0 aliphatic heterocycles. The molecule has 0 N–H and O–H groups in total. The Labute approximate surface area is 102 Å². The first-order valence-electron chi connectivity index (χ1n) is 8.07. The Morgan fingerprint density at radius 3 is 1.19 bits per heavy atom. The third kappa shape index (κ3) is 0.892. The molecule has 4 aromatic carbocycles. The van der Waals surface area contributed by atoms with E-state index < -0.39 is 0 Å². The lowest BCUT2D eigenvalue weighted by Crippen LogP contribution is -1.82. The largest absolute Gasteiger partial charge is 0.0629 e. The van der Waals surface area contributed by atoms with Gasteiger partial charge in [-0.1, -0.05) is 60.5 Å². The lowest BCUT2D eigenvalue weighted by Gasteiger charge is -2.09. The summed E-state index contributed by atoms with van der Waals surface area (Å²) < 4.78 is 48.1. The first-order chi connectivity index (χ1) is 10.4. The summed E-state index contributed by atoms with van der Waals surface area (Å²) in [5.41, 5.74) is 0. The predicted octanol–water partition coefficient (Wildman–Crippen LogP) is 4.58. The van der Waals surface area contributed by atoms with E-state index in [2.05, 4.69) is 0 Å². The fourth-order valence-electron chi connectivity index (χ4n) is 2.24. The van der Waals surface area contributed by atoms with Gasteiger partial charge in [0.15, 0.2) is 0 Å². The van der Waals surface area contributed by atoms with Crippen molar-refractivity contribution >= 4 is 32.3 Å². The third-order valence-electron chi connectivity index (χ3n) is 2.95.